The van der Waals surface area contributed by atoms with Crippen molar-refractivity contribution in [2.45, 2.75) is 6.92 Å². The number of nitrogens with zero attached hydrogens (tertiary/aromatic N) is 2. The predicted octanol–water partition coefficient (Wildman–Crippen LogP) is 1.72. The van der Waals surface area contributed by atoms with E-state index in [1.54, 1.807) is 44.3 Å². The first kappa shape index (κ1) is 12.8. The third-order valence-electron chi connectivity index (χ3n) is 2.43. The van der Waals surface area contributed by atoms with Gasteiger partial charge in [-0.25, -0.2) is 4.98 Å². The van der Waals surface area contributed by atoms with Crippen LogP contribution in [0.15, 0.2) is 30.3 Å². The smallest absolute Gasteiger partial charge is 0.248 e. The first-order valence-corrected chi connectivity index (χ1v) is 5.69. The Bertz CT molecular complexity index is 596. The second kappa shape index (κ2) is 5.34. The molecule has 1 aromatic carbocycles. The van der Waals surface area contributed by atoms with Gasteiger partial charge in [0, 0.05) is 18.7 Å². The maximum Gasteiger partial charge on any atom is 0.248 e. The molecule has 0 saturated heterocycles. The van der Waals surface area contributed by atoms with Crippen molar-refractivity contribution in [3.63, 3.8) is 0 Å². The molecule has 0 spiro atoms. The number of carbonyl (C=O) groups excluding carboxylic acids is 1. The van der Waals surface area contributed by atoms with Crippen LogP contribution in [0.4, 0.5) is 5.82 Å². The van der Waals surface area contributed by atoms with Crippen LogP contribution in [0.2, 0.25) is 0 Å². The Balaban J connectivity index is 2.21. The lowest BCUT2D eigenvalue weighted by Gasteiger charge is -2.07. The van der Waals surface area contributed by atoms with E-state index in [9.17, 15) is 4.79 Å². The molecule has 0 aliphatic rings. The van der Waals surface area contributed by atoms with Gasteiger partial charge in [0.2, 0.25) is 11.8 Å². The molecule has 0 saturated carbocycles. The monoisotopic (exact) mass is 258 g/mol. The van der Waals surface area contributed by atoms with Gasteiger partial charge in [-0.1, -0.05) is 0 Å². The Morgan fingerprint density at radius 2 is 1.95 bits per heavy atom. The number of carbonyl (C=O) groups is 1. The van der Waals surface area contributed by atoms with E-state index in [2.05, 4.69) is 15.3 Å². The molecule has 3 N–H and O–H groups in total. The number of amides is 1. The van der Waals surface area contributed by atoms with Crippen molar-refractivity contribution in [3.8, 4) is 11.6 Å². The molecule has 0 unspecified atom stereocenters. The molecule has 2 aromatic rings. The molecular weight excluding hydrogens is 244 g/mol. The van der Waals surface area contributed by atoms with Crippen LogP contribution in [-0.4, -0.2) is 22.9 Å². The summed E-state index contributed by atoms with van der Waals surface area (Å²) < 4.78 is 5.59. The van der Waals surface area contributed by atoms with Crippen molar-refractivity contribution in [2.75, 3.05) is 12.4 Å². The number of benzene rings is 1. The normalized spacial score (nSPS) is 10.0. The number of aromatic nitrogens is 2. The summed E-state index contributed by atoms with van der Waals surface area (Å²) in [5, 5.41) is 2.93. The molecule has 0 bridgehead atoms. The van der Waals surface area contributed by atoms with E-state index in [0.717, 1.165) is 0 Å². The number of hydrogen-bond acceptors (Lipinski definition) is 5. The Hall–Kier alpha value is -2.63. The molecule has 0 aliphatic heterocycles. The van der Waals surface area contributed by atoms with Gasteiger partial charge >= 0.3 is 0 Å². The summed E-state index contributed by atoms with van der Waals surface area (Å²) in [7, 11) is 1.77. The molecule has 0 aliphatic carbocycles. The van der Waals surface area contributed by atoms with Crippen LogP contribution in [0, 0.1) is 6.92 Å². The lowest BCUT2D eigenvalue weighted by Crippen LogP contribution is -2.10. The largest absolute Gasteiger partial charge is 0.439 e. The van der Waals surface area contributed by atoms with E-state index in [0.29, 0.717) is 28.8 Å². The Morgan fingerprint density at radius 3 is 2.53 bits per heavy atom. The fourth-order valence-electron chi connectivity index (χ4n) is 1.53. The number of ether oxygens (including phenoxy) is 1. The van der Waals surface area contributed by atoms with Crippen molar-refractivity contribution in [2.24, 2.45) is 5.73 Å². The Labute approximate surface area is 110 Å². The van der Waals surface area contributed by atoms with Crippen LogP contribution in [0.3, 0.4) is 0 Å². The van der Waals surface area contributed by atoms with Gasteiger partial charge in [0.1, 0.15) is 17.4 Å². The molecule has 1 heterocycles. The summed E-state index contributed by atoms with van der Waals surface area (Å²) in [6, 6.07) is 8.22. The highest BCUT2D eigenvalue weighted by molar-refractivity contribution is 5.92. The van der Waals surface area contributed by atoms with E-state index in [-0.39, 0.29) is 0 Å². The zero-order valence-electron chi connectivity index (χ0n) is 10.7. The van der Waals surface area contributed by atoms with E-state index in [1.165, 1.54) is 0 Å². The average molecular weight is 258 g/mol. The van der Waals surface area contributed by atoms with E-state index in [4.69, 9.17) is 10.5 Å². The minimum absolute atomic E-state index is 0.433. The van der Waals surface area contributed by atoms with Crippen LogP contribution in [0.5, 0.6) is 11.6 Å². The topological polar surface area (TPSA) is 90.1 Å². The summed E-state index contributed by atoms with van der Waals surface area (Å²) in [5.41, 5.74) is 5.60. The lowest BCUT2D eigenvalue weighted by atomic mass is 10.2. The van der Waals surface area contributed by atoms with Gasteiger partial charge in [0.05, 0.1) is 0 Å². The molecule has 6 heteroatoms. The van der Waals surface area contributed by atoms with Crippen molar-refractivity contribution >= 4 is 11.7 Å². The van der Waals surface area contributed by atoms with E-state index in [1.807, 2.05) is 0 Å². The van der Waals surface area contributed by atoms with Crippen LogP contribution < -0.4 is 15.8 Å². The third kappa shape index (κ3) is 3.19. The van der Waals surface area contributed by atoms with Gasteiger partial charge in [0.25, 0.3) is 0 Å². The number of rotatable bonds is 4. The number of nitrogens with one attached hydrogen (secondary N) is 1. The predicted molar refractivity (Wildman–Crippen MR) is 71.3 cm³/mol. The summed E-state index contributed by atoms with van der Waals surface area (Å²) in [5.74, 6) is 1.82. The zero-order chi connectivity index (χ0) is 13.8. The van der Waals surface area contributed by atoms with Gasteiger partial charge in [0.15, 0.2) is 0 Å². The maximum absolute atomic E-state index is 11.0. The molecule has 19 heavy (non-hydrogen) atoms. The van der Waals surface area contributed by atoms with Gasteiger partial charge in [-0.3, -0.25) is 4.79 Å². The first-order valence-electron chi connectivity index (χ1n) is 5.69. The minimum atomic E-state index is -0.470. The molecule has 0 radical (unpaired) electrons. The second-order valence-corrected chi connectivity index (χ2v) is 3.88. The highest BCUT2D eigenvalue weighted by atomic mass is 16.5. The summed E-state index contributed by atoms with van der Waals surface area (Å²) in [6.07, 6.45) is 0. The van der Waals surface area contributed by atoms with Gasteiger partial charge < -0.3 is 15.8 Å². The number of aryl methyl sites for hydroxylation is 1. The van der Waals surface area contributed by atoms with Gasteiger partial charge in [-0.15, -0.1) is 0 Å². The van der Waals surface area contributed by atoms with Crippen LogP contribution in [0.1, 0.15) is 16.2 Å². The lowest BCUT2D eigenvalue weighted by molar-refractivity contribution is 0.100. The Morgan fingerprint density at radius 1 is 1.26 bits per heavy atom. The van der Waals surface area contributed by atoms with Crippen molar-refractivity contribution in [1.29, 1.82) is 0 Å². The minimum Gasteiger partial charge on any atom is -0.439 e. The van der Waals surface area contributed by atoms with Gasteiger partial charge in [-0.2, -0.15) is 4.98 Å². The third-order valence-corrected chi connectivity index (χ3v) is 2.43. The first-order chi connectivity index (χ1) is 9.08. The fourth-order valence-corrected chi connectivity index (χ4v) is 1.53. The zero-order valence-corrected chi connectivity index (χ0v) is 10.7. The molecule has 98 valence electrons. The summed E-state index contributed by atoms with van der Waals surface area (Å²) in [6.45, 7) is 1.78. The highest BCUT2D eigenvalue weighted by Crippen LogP contribution is 2.21. The number of hydrogen-bond donors (Lipinski definition) is 2. The van der Waals surface area contributed by atoms with Crippen LogP contribution >= 0.6 is 0 Å². The number of primary amides is 1. The number of anilines is 1. The van der Waals surface area contributed by atoms with Crippen LogP contribution in [-0.2, 0) is 0 Å². The number of nitrogens with two attached hydrogens (primary N) is 1. The fraction of sp³-hybridized carbons (Fsp3) is 0.154. The molecule has 1 aromatic heterocycles. The van der Waals surface area contributed by atoms with E-state index < -0.39 is 5.91 Å². The maximum atomic E-state index is 11.0. The molecule has 6 nitrogen and oxygen atoms in total. The SMILES string of the molecule is CNc1cc(Oc2ccc(C(N)=O)cc2)nc(C)n1. The highest BCUT2D eigenvalue weighted by Gasteiger charge is 2.04. The molecule has 2 rings (SSSR count). The molecule has 0 fully saturated rings. The summed E-state index contributed by atoms with van der Waals surface area (Å²) >= 11 is 0. The van der Waals surface area contributed by atoms with E-state index >= 15 is 0 Å². The van der Waals surface area contributed by atoms with Crippen molar-refractivity contribution in [3.05, 3.63) is 41.7 Å². The van der Waals surface area contributed by atoms with Crippen LogP contribution in [0.25, 0.3) is 0 Å². The Kier molecular flexibility index (Phi) is 3.61. The molecule has 1 amide bonds. The molecule has 0 atom stereocenters. The quantitative estimate of drug-likeness (QED) is 0.871. The average Bonchev–Trinajstić information content (AvgIpc) is 2.38. The van der Waals surface area contributed by atoms with Crippen molar-refractivity contribution < 1.29 is 9.53 Å². The van der Waals surface area contributed by atoms with Crippen molar-refractivity contribution in [1.82, 2.24) is 9.97 Å². The molecular formula is C13H14N4O2. The summed E-state index contributed by atoms with van der Waals surface area (Å²) in [4.78, 5) is 19.3. The van der Waals surface area contributed by atoms with Gasteiger partial charge in [-0.05, 0) is 31.2 Å². The standard InChI is InChI=1S/C13H14N4O2/c1-8-16-11(15-2)7-12(17-8)19-10-5-3-9(4-6-10)13(14)18/h3-7H,1-2H3,(H2,14,18)(H,15,16,17). The second-order valence-electron chi connectivity index (χ2n) is 3.88.